The Bertz CT molecular complexity index is 175. The Morgan fingerprint density at radius 1 is 1.75 bits per heavy atom. The molecule has 0 saturated heterocycles. The van der Waals surface area contributed by atoms with Crippen LogP contribution in [0.5, 0.6) is 0 Å². The molecule has 0 aromatic heterocycles. The molecule has 12 heavy (non-hydrogen) atoms. The minimum absolute atomic E-state index is 0.0539. The van der Waals surface area contributed by atoms with Crippen LogP contribution in [0.15, 0.2) is 12.7 Å². The van der Waals surface area contributed by atoms with Gasteiger partial charge in [0, 0.05) is 6.54 Å². The van der Waals surface area contributed by atoms with Gasteiger partial charge in [0.15, 0.2) is 0 Å². The van der Waals surface area contributed by atoms with Gasteiger partial charge in [-0.25, -0.2) is 0 Å². The van der Waals surface area contributed by atoms with Gasteiger partial charge in [0.2, 0.25) is 5.91 Å². The Morgan fingerprint density at radius 3 is 2.92 bits per heavy atom. The van der Waals surface area contributed by atoms with Crippen molar-refractivity contribution in [2.45, 2.75) is 25.3 Å². The van der Waals surface area contributed by atoms with Crippen LogP contribution in [0.1, 0.15) is 19.3 Å². The van der Waals surface area contributed by atoms with Crippen molar-refractivity contribution in [2.75, 3.05) is 6.54 Å². The molecule has 0 heterocycles. The second kappa shape index (κ2) is 4.26. The van der Waals surface area contributed by atoms with Gasteiger partial charge >= 0.3 is 0 Å². The van der Waals surface area contributed by atoms with E-state index in [9.17, 15) is 4.79 Å². The summed E-state index contributed by atoms with van der Waals surface area (Å²) < 4.78 is 0. The molecule has 1 aliphatic rings. The minimum Gasteiger partial charge on any atom is -0.354 e. The van der Waals surface area contributed by atoms with E-state index in [0.717, 1.165) is 6.54 Å². The monoisotopic (exact) mass is 168 g/mol. The summed E-state index contributed by atoms with van der Waals surface area (Å²) >= 11 is 0. The van der Waals surface area contributed by atoms with Crippen molar-refractivity contribution < 1.29 is 4.79 Å². The molecule has 0 aromatic rings. The molecule has 1 atom stereocenters. The molecule has 0 aromatic carbocycles. The molecule has 0 bridgehead atoms. The first-order valence-electron chi connectivity index (χ1n) is 4.38. The Morgan fingerprint density at radius 2 is 2.42 bits per heavy atom. The van der Waals surface area contributed by atoms with Crippen molar-refractivity contribution in [1.29, 1.82) is 0 Å². The van der Waals surface area contributed by atoms with Crippen LogP contribution in [0.25, 0.3) is 0 Å². The molecular formula is C9H16N2O. The molecule has 1 amide bonds. The van der Waals surface area contributed by atoms with Crippen LogP contribution in [0.4, 0.5) is 0 Å². The van der Waals surface area contributed by atoms with E-state index < -0.39 is 6.04 Å². The first kappa shape index (κ1) is 9.26. The zero-order valence-electron chi connectivity index (χ0n) is 7.25. The second-order valence-electron chi connectivity index (χ2n) is 3.32. The summed E-state index contributed by atoms with van der Waals surface area (Å²) in [6, 6.07) is -0.416. The lowest BCUT2D eigenvalue weighted by atomic mass is 10.2. The topological polar surface area (TPSA) is 55.1 Å². The van der Waals surface area contributed by atoms with Crippen LogP contribution >= 0.6 is 0 Å². The van der Waals surface area contributed by atoms with Gasteiger partial charge in [-0.15, -0.1) is 6.58 Å². The fraction of sp³-hybridized carbons (Fsp3) is 0.667. The predicted molar refractivity (Wildman–Crippen MR) is 48.5 cm³/mol. The smallest absolute Gasteiger partial charge is 0.237 e. The van der Waals surface area contributed by atoms with Crippen molar-refractivity contribution in [1.82, 2.24) is 5.32 Å². The molecule has 1 aliphatic carbocycles. The molecule has 68 valence electrons. The van der Waals surface area contributed by atoms with E-state index in [1.54, 1.807) is 6.08 Å². The quantitative estimate of drug-likeness (QED) is 0.584. The maximum Gasteiger partial charge on any atom is 0.237 e. The number of nitrogens with two attached hydrogens (primary N) is 1. The average molecular weight is 168 g/mol. The highest BCUT2D eigenvalue weighted by atomic mass is 16.2. The average Bonchev–Trinajstić information content (AvgIpc) is 2.83. The highest BCUT2D eigenvalue weighted by molar-refractivity contribution is 5.81. The molecule has 0 radical (unpaired) electrons. The van der Waals surface area contributed by atoms with Gasteiger partial charge in [0.1, 0.15) is 0 Å². The van der Waals surface area contributed by atoms with Gasteiger partial charge in [-0.1, -0.05) is 6.08 Å². The maximum absolute atomic E-state index is 11.2. The number of rotatable bonds is 5. The standard InChI is InChI=1S/C9H16N2O/c1-2-3-8(10)9(12)11-6-7-4-5-7/h2,7-8H,1,3-6,10H2,(H,11,12). The lowest BCUT2D eigenvalue weighted by molar-refractivity contribution is -0.122. The SMILES string of the molecule is C=CCC(N)C(=O)NCC1CC1. The normalized spacial score (nSPS) is 18.4. The molecule has 1 rings (SSSR count). The van der Waals surface area contributed by atoms with E-state index in [1.165, 1.54) is 12.8 Å². The summed E-state index contributed by atoms with van der Waals surface area (Å²) in [5.41, 5.74) is 5.55. The third kappa shape index (κ3) is 3.05. The first-order valence-corrected chi connectivity index (χ1v) is 4.38. The maximum atomic E-state index is 11.2. The Balaban J connectivity index is 2.11. The van der Waals surface area contributed by atoms with Crippen molar-refractivity contribution in [3.8, 4) is 0 Å². The molecule has 0 aliphatic heterocycles. The fourth-order valence-corrected chi connectivity index (χ4v) is 0.985. The van der Waals surface area contributed by atoms with Gasteiger partial charge in [-0.05, 0) is 25.2 Å². The number of hydrogen-bond acceptors (Lipinski definition) is 2. The molecule has 3 heteroatoms. The summed E-state index contributed by atoms with van der Waals surface area (Å²) in [5, 5.41) is 2.82. The number of carbonyl (C=O) groups is 1. The van der Waals surface area contributed by atoms with E-state index in [2.05, 4.69) is 11.9 Å². The van der Waals surface area contributed by atoms with Gasteiger partial charge < -0.3 is 11.1 Å². The van der Waals surface area contributed by atoms with Crippen molar-refractivity contribution >= 4 is 5.91 Å². The van der Waals surface area contributed by atoms with Crippen LogP contribution in [0.2, 0.25) is 0 Å². The molecule has 1 unspecified atom stereocenters. The van der Waals surface area contributed by atoms with E-state index in [4.69, 9.17) is 5.73 Å². The third-order valence-corrected chi connectivity index (χ3v) is 2.02. The van der Waals surface area contributed by atoms with E-state index >= 15 is 0 Å². The summed E-state index contributed by atoms with van der Waals surface area (Å²) in [4.78, 5) is 11.2. The summed E-state index contributed by atoms with van der Waals surface area (Å²) in [7, 11) is 0. The summed E-state index contributed by atoms with van der Waals surface area (Å²) in [6.07, 6.45) is 4.71. The van der Waals surface area contributed by atoms with Crippen molar-refractivity contribution in [3.05, 3.63) is 12.7 Å². The Hall–Kier alpha value is -0.830. The van der Waals surface area contributed by atoms with E-state index in [0.29, 0.717) is 12.3 Å². The molecular weight excluding hydrogens is 152 g/mol. The third-order valence-electron chi connectivity index (χ3n) is 2.02. The van der Waals surface area contributed by atoms with Crippen LogP contribution in [-0.4, -0.2) is 18.5 Å². The number of nitrogens with one attached hydrogen (secondary N) is 1. The summed E-state index contributed by atoms with van der Waals surface area (Å²) in [6.45, 7) is 4.33. The highest BCUT2D eigenvalue weighted by Gasteiger charge is 2.22. The summed E-state index contributed by atoms with van der Waals surface area (Å²) in [5.74, 6) is 0.659. The fourth-order valence-electron chi connectivity index (χ4n) is 0.985. The van der Waals surface area contributed by atoms with Crippen LogP contribution in [0, 0.1) is 5.92 Å². The zero-order valence-corrected chi connectivity index (χ0v) is 7.25. The highest BCUT2D eigenvalue weighted by Crippen LogP contribution is 2.27. The minimum atomic E-state index is -0.416. The lowest BCUT2D eigenvalue weighted by Crippen LogP contribution is -2.40. The van der Waals surface area contributed by atoms with Crippen LogP contribution < -0.4 is 11.1 Å². The lowest BCUT2D eigenvalue weighted by Gasteiger charge is -2.09. The number of hydrogen-bond donors (Lipinski definition) is 2. The van der Waals surface area contributed by atoms with Gasteiger partial charge in [0.05, 0.1) is 6.04 Å². The Labute approximate surface area is 73.0 Å². The predicted octanol–water partition coefficient (Wildman–Crippen LogP) is 0.416. The Kier molecular flexibility index (Phi) is 3.29. The van der Waals surface area contributed by atoms with Crippen LogP contribution in [-0.2, 0) is 4.79 Å². The van der Waals surface area contributed by atoms with Gasteiger partial charge in [-0.2, -0.15) is 0 Å². The van der Waals surface area contributed by atoms with Gasteiger partial charge in [0.25, 0.3) is 0 Å². The largest absolute Gasteiger partial charge is 0.354 e. The first-order chi connectivity index (χ1) is 5.74. The molecule has 0 spiro atoms. The van der Waals surface area contributed by atoms with Crippen molar-refractivity contribution in [3.63, 3.8) is 0 Å². The number of carbonyl (C=O) groups excluding carboxylic acids is 1. The van der Waals surface area contributed by atoms with E-state index in [-0.39, 0.29) is 5.91 Å². The van der Waals surface area contributed by atoms with Crippen molar-refractivity contribution in [2.24, 2.45) is 11.7 Å². The molecule has 1 saturated carbocycles. The zero-order chi connectivity index (χ0) is 8.97. The van der Waals surface area contributed by atoms with E-state index in [1.807, 2.05) is 0 Å². The van der Waals surface area contributed by atoms with Crippen LogP contribution in [0.3, 0.4) is 0 Å². The number of amides is 1. The van der Waals surface area contributed by atoms with Gasteiger partial charge in [-0.3, -0.25) is 4.79 Å². The molecule has 3 N–H and O–H groups in total. The molecule has 1 fully saturated rings. The molecule has 3 nitrogen and oxygen atoms in total. The second-order valence-corrected chi connectivity index (χ2v) is 3.32.